The summed E-state index contributed by atoms with van der Waals surface area (Å²) in [5, 5.41) is 19.8. The highest BCUT2D eigenvalue weighted by molar-refractivity contribution is 5.85. The largest absolute Gasteiger partial charge is 0.381 e. The number of nitriles is 1. The molecule has 1 aliphatic rings. The van der Waals surface area contributed by atoms with Gasteiger partial charge in [-0.15, -0.1) is 4.91 Å². The first-order valence-corrected chi connectivity index (χ1v) is 8.70. The van der Waals surface area contributed by atoms with E-state index in [9.17, 15) is 15.0 Å². The maximum atomic E-state index is 12.8. The van der Waals surface area contributed by atoms with E-state index in [-0.39, 0.29) is 11.3 Å². The summed E-state index contributed by atoms with van der Waals surface area (Å²) >= 11 is 0. The fourth-order valence-electron chi connectivity index (χ4n) is 3.41. The van der Waals surface area contributed by atoms with Crippen LogP contribution in [0, 0.1) is 16.2 Å². The highest BCUT2D eigenvalue weighted by Gasteiger charge is 2.15. The molecule has 7 nitrogen and oxygen atoms in total. The van der Waals surface area contributed by atoms with Crippen molar-refractivity contribution in [2.45, 2.75) is 12.5 Å². The molecular formula is C20H17N5O2. The number of fused-ring (bicyclic) bond motifs is 1. The van der Waals surface area contributed by atoms with Crippen molar-refractivity contribution in [1.82, 2.24) is 9.88 Å². The minimum atomic E-state index is -0.392. The van der Waals surface area contributed by atoms with E-state index < -0.39 is 5.56 Å². The third-order valence-electron chi connectivity index (χ3n) is 4.77. The van der Waals surface area contributed by atoms with Crippen LogP contribution in [0.3, 0.4) is 0 Å². The molecule has 4 rings (SSSR count). The summed E-state index contributed by atoms with van der Waals surface area (Å²) in [7, 11) is 0. The monoisotopic (exact) mass is 359 g/mol. The lowest BCUT2D eigenvalue weighted by Gasteiger charge is -2.16. The van der Waals surface area contributed by atoms with Crippen molar-refractivity contribution < 1.29 is 0 Å². The van der Waals surface area contributed by atoms with Gasteiger partial charge in [-0.1, -0.05) is 6.07 Å². The van der Waals surface area contributed by atoms with Crippen molar-refractivity contribution >= 4 is 22.3 Å². The molecule has 27 heavy (non-hydrogen) atoms. The predicted molar refractivity (Wildman–Crippen MR) is 105 cm³/mol. The van der Waals surface area contributed by atoms with Gasteiger partial charge in [-0.3, -0.25) is 9.36 Å². The molecular weight excluding hydrogens is 342 g/mol. The standard InChI is InChI=1S/C20H17N5O2/c21-11-14-9-13-1-2-16(23-17-7-8-22-12-17)10-19(13)25(20(14)26)18-5-3-15(24-27)4-6-18/h1-6,9-10,17,22-23H,7-8,12H2/t17-/m1/s1. The lowest BCUT2D eigenvalue weighted by atomic mass is 10.1. The second-order valence-electron chi connectivity index (χ2n) is 6.53. The molecule has 1 saturated heterocycles. The highest BCUT2D eigenvalue weighted by Crippen LogP contribution is 2.24. The van der Waals surface area contributed by atoms with Gasteiger partial charge in [-0.05, 0) is 60.6 Å². The van der Waals surface area contributed by atoms with Crippen molar-refractivity contribution in [3.63, 3.8) is 0 Å². The molecule has 0 amide bonds. The highest BCUT2D eigenvalue weighted by atomic mass is 16.3. The molecule has 3 aromatic rings. The van der Waals surface area contributed by atoms with E-state index in [1.165, 1.54) is 4.57 Å². The molecule has 0 radical (unpaired) electrons. The molecule has 0 bridgehead atoms. The van der Waals surface area contributed by atoms with Gasteiger partial charge in [0.15, 0.2) is 0 Å². The first-order chi connectivity index (χ1) is 13.2. The topological polar surface area (TPSA) is 99.3 Å². The van der Waals surface area contributed by atoms with Crippen LogP contribution in [-0.2, 0) is 0 Å². The molecule has 0 spiro atoms. The van der Waals surface area contributed by atoms with Crippen LogP contribution in [0.4, 0.5) is 11.4 Å². The minimum Gasteiger partial charge on any atom is -0.381 e. The normalized spacial score (nSPS) is 16.2. The van der Waals surface area contributed by atoms with Crippen LogP contribution in [0.15, 0.2) is 58.5 Å². The van der Waals surface area contributed by atoms with Gasteiger partial charge in [0.25, 0.3) is 5.56 Å². The number of pyridine rings is 1. The molecule has 1 aromatic heterocycles. The van der Waals surface area contributed by atoms with E-state index >= 15 is 0 Å². The summed E-state index contributed by atoms with van der Waals surface area (Å²) in [6.45, 7) is 1.89. The Bertz CT molecular complexity index is 1110. The summed E-state index contributed by atoms with van der Waals surface area (Å²) in [5.74, 6) is 0. The van der Waals surface area contributed by atoms with Gasteiger partial charge in [0.2, 0.25) is 0 Å². The van der Waals surface area contributed by atoms with Crippen LogP contribution in [0.1, 0.15) is 12.0 Å². The van der Waals surface area contributed by atoms with E-state index in [1.54, 1.807) is 30.3 Å². The van der Waals surface area contributed by atoms with E-state index in [2.05, 4.69) is 15.8 Å². The van der Waals surface area contributed by atoms with Crippen LogP contribution in [0.25, 0.3) is 16.6 Å². The molecule has 1 aliphatic heterocycles. The van der Waals surface area contributed by atoms with Gasteiger partial charge in [0, 0.05) is 29.3 Å². The van der Waals surface area contributed by atoms with E-state index in [0.717, 1.165) is 30.6 Å². The van der Waals surface area contributed by atoms with Crippen molar-refractivity contribution in [1.29, 1.82) is 5.26 Å². The predicted octanol–water partition coefficient (Wildman–Crippen LogP) is 3.03. The number of aromatic nitrogens is 1. The van der Waals surface area contributed by atoms with Crippen molar-refractivity contribution in [2.75, 3.05) is 18.4 Å². The molecule has 0 saturated carbocycles. The molecule has 0 unspecified atom stereocenters. The number of hydrogen-bond donors (Lipinski definition) is 2. The van der Waals surface area contributed by atoms with Crippen molar-refractivity contribution in [3.05, 3.63) is 69.4 Å². The van der Waals surface area contributed by atoms with Gasteiger partial charge in [-0.2, -0.15) is 5.26 Å². The third kappa shape index (κ3) is 3.18. The van der Waals surface area contributed by atoms with Gasteiger partial charge >= 0.3 is 0 Å². The molecule has 0 aliphatic carbocycles. The zero-order chi connectivity index (χ0) is 18.8. The van der Waals surface area contributed by atoms with Gasteiger partial charge < -0.3 is 10.6 Å². The Morgan fingerprint density at radius 2 is 2.00 bits per heavy atom. The Hall–Kier alpha value is -3.50. The Labute approximate surface area is 155 Å². The average molecular weight is 359 g/mol. The zero-order valence-corrected chi connectivity index (χ0v) is 14.5. The molecule has 2 N–H and O–H groups in total. The SMILES string of the molecule is N#Cc1cc2ccc(N[C@@H]3CCNC3)cc2n(-c2ccc(N=O)cc2)c1=O. The molecule has 1 atom stereocenters. The van der Waals surface area contributed by atoms with Crippen LogP contribution >= 0.6 is 0 Å². The zero-order valence-electron chi connectivity index (χ0n) is 14.5. The molecule has 7 heteroatoms. The summed E-state index contributed by atoms with van der Waals surface area (Å²) in [5.41, 5.74) is 2.15. The smallest absolute Gasteiger partial charge is 0.273 e. The first-order valence-electron chi connectivity index (χ1n) is 8.70. The maximum Gasteiger partial charge on any atom is 0.273 e. The number of nitroso groups, excluding NO2 is 1. The number of benzene rings is 2. The number of anilines is 1. The quantitative estimate of drug-likeness (QED) is 0.698. The first kappa shape index (κ1) is 16.9. The van der Waals surface area contributed by atoms with Gasteiger partial charge in [0.1, 0.15) is 17.3 Å². The molecule has 2 heterocycles. The minimum absolute atomic E-state index is 0.0702. The lowest BCUT2D eigenvalue weighted by Crippen LogP contribution is -2.23. The lowest BCUT2D eigenvalue weighted by molar-refractivity contribution is 0.793. The van der Waals surface area contributed by atoms with Crippen LogP contribution in [0.2, 0.25) is 0 Å². The van der Waals surface area contributed by atoms with Crippen molar-refractivity contribution in [3.8, 4) is 11.8 Å². The fourth-order valence-corrected chi connectivity index (χ4v) is 3.41. The van der Waals surface area contributed by atoms with E-state index in [4.69, 9.17) is 0 Å². The molecule has 1 fully saturated rings. The number of nitrogens with one attached hydrogen (secondary N) is 2. The summed E-state index contributed by atoms with van der Waals surface area (Å²) in [6, 6.07) is 16.1. The molecule has 2 aromatic carbocycles. The summed E-state index contributed by atoms with van der Waals surface area (Å²) in [6.07, 6.45) is 1.04. The summed E-state index contributed by atoms with van der Waals surface area (Å²) in [4.78, 5) is 23.5. The maximum absolute atomic E-state index is 12.8. The third-order valence-corrected chi connectivity index (χ3v) is 4.77. The average Bonchev–Trinajstić information content (AvgIpc) is 3.21. The van der Waals surface area contributed by atoms with Crippen molar-refractivity contribution in [2.24, 2.45) is 5.18 Å². The Morgan fingerprint density at radius 3 is 2.67 bits per heavy atom. The van der Waals surface area contributed by atoms with Crippen LogP contribution in [0.5, 0.6) is 0 Å². The fraction of sp³-hybridized carbons (Fsp3) is 0.200. The second kappa shape index (κ2) is 7.02. The number of hydrogen-bond acceptors (Lipinski definition) is 6. The van der Waals surface area contributed by atoms with E-state index in [0.29, 0.717) is 17.2 Å². The van der Waals surface area contributed by atoms with Crippen LogP contribution in [-0.4, -0.2) is 23.7 Å². The second-order valence-corrected chi connectivity index (χ2v) is 6.53. The van der Waals surface area contributed by atoms with Gasteiger partial charge in [0.05, 0.1) is 5.52 Å². The summed E-state index contributed by atoms with van der Waals surface area (Å²) < 4.78 is 1.50. The Kier molecular flexibility index (Phi) is 4.40. The Morgan fingerprint density at radius 1 is 1.19 bits per heavy atom. The van der Waals surface area contributed by atoms with Gasteiger partial charge in [-0.25, -0.2) is 0 Å². The van der Waals surface area contributed by atoms with Crippen LogP contribution < -0.4 is 16.2 Å². The Balaban J connectivity index is 1.89. The number of nitrogens with zero attached hydrogens (tertiary/aromatic N) is 3. The molecule has 134 valence electrons. The number of rotatable bonds is 4. The van der Waals surface area contributed by atoms with E-state index in [1.807, 2.05) is 24.3 Å².